The Balaban J connectivity index is 2.62. The van der Waals surface area contributed by atoms with E-state index in [1.165, 1.54) is 4.68 Å². The first-order chi connectivity index (χ1) is 6.97. The van der Waals surface area contributed by atoms with Crippen LogP contribution in [0.5, 0.6) is 0 Å². The van der Waals surface area contributed by atoms with Crippen LogP contribution in [0.4, 0.5) is 0 Å². The summed E-state index contributed by atoms with van der Waals surface area (Å²) in [5.41, 5.74) is 1.90. The van der Waals surface area contributed by atoms with Gasteiger partial charge in [0.25, 0.3) is 0 Å². The van der Waals surface area contributed by atoms with Crippen molar-refractivity contribution in [1.29, 1.82) is 0 Å². The molecule has 0 amide bonds. The van der Waals surface area contributed by atoms with E-state index in [2.05, 4.69) is 4.83 Å². The molecule has 0 fully saturated rings. The number of aromatic nitrogens is 1. The first-order valence-electron chi connectivity index (χ1n) is 4.52. The Morgan fingerprint density at radius 1 is 1.27 bits per heavy atom. The number of nitrogens with zero attached hydrogens (tertiary/aromatic N) is 1. The lowest BCUT2D eigenvalue weighted by Crippen LogP contribution is -2.20. The molecule has 80 valence electrons. The quantitative estimate of drug-likeness (QED) is 0.839. The summed E-state index contributed by atoms with van der Waals surface area (Å²) in [7, 11) is -3.24. The van der Waals surface area contributed by atoms with Crippen molar-refractivity contribution in [3.8, 4) is 0 Å². The number of fused-ring (bicyclic) bond motifs is 1. The van der Waals surface area contributed by atoms with E-state index < -0.39 is 10.0 Å². The molecule has 0 spiro atoms. The number of benzene rings is 1. The maximum atomic E-state index is 11.1. The third kappa shape index (κ3) is 1.97. The minimum absolute atomic E-state index is 0.862. The topological polar surface area (TPSA) is 51.1 Å². The fourth-order valence-corrected chi connectivity index (χ4v) is 2.11. The Bertz CT molecular complexity index is 599. The summed E-state index contributed by atoms with van der Waals surface area (Å²) in [4.78, 5) is 2.43. The Morgan fingerprint density at radius 2 is 1.93 bits per heavy atom. The average Bonchev–Trinajstić information content (AvgIpc) is 2.42. The Hall–Kier alpha value is -1.49. The van der Waals surface area contributed by atoms with Gasteiger partial charge in [0.2, 0.25) is 10.0 Å². The van der Waals surface area contributed by atoms with Crippen LogP contribution in [-0.4, -0.2) is 19.3 Å². The number of rotatable bonds is 2. The van der Waals surface area contributed by atoms with Crippen molar-refractivity contribution in [3.05, 3.63) is 36.0 Å². The molecular weight excluding hydrogens is 212 g/mol. The predicted molar refractivity (Wildman–Crippen MR) is 60.9 cm³/mol. The molecule has 2 aromatic rings. The molecule has 5 heteroatoms. The second-order valence-electron chi connectivity index (χ2n) is 3.56. The number of nitrogens with one attached hydrogen (secondary N) is 1. The molecule has 1 aromatic heterocycles. The first kappa shape index (κ1) is 10.0. The zero-order chi connectivity index (χ0) is 11.1. The van der Waals surface area contributed by atoms with E-state index in [9.17, 15) is 8.42 Å². The summed E-state index contributed by atoms with van der Waals surface area (Å²) in [6.45, 7) is 1.95. The van der Waals surface area contributed by atoms with Crippen LogP contribution in [0.2, 0.25) is 0 Å². The number of hydrogen-bond acceptors (Lipinski definition) is 2. The summed E-state index contributed by atoms with van der Waals surface area (Å²) in [5, 5.41) is 1.05. The number of aryl methyl sites for hydroxylation is 1. The van der Waals surface area contributed by atoms with Crippen molar-refractivity contribution < 1.29 is 8.42 Å². The van der Waals surface area contributed by atoms with Crippen molar-refractivity contribution in [1.82, 2.24) is 4.68 Å². The van der Waals surface area contributed by atoms with Crippen LogP contribution in [0.3, 0.4) is 0 Å². The maximum Gasteiger partial charge on any atom is 0.243 e. The van der Waals surface area contributed by atoms with Crippen LogP contribution >= 0.6 is 0 Å². The summed E-state index contributed by atoms with van der Waals surface area (Å²) in [6.07, 6.45) is 2.91. The minimum atomic E-state index is -3.24. The van der Waals surface area contributed by atoms with Gasteiger partial charge in [-0.1, -0.05) is 18.2 Å². The maximum absolute atomic E-state index is 11.1. The first-order valence-corrected chi connectivity index (χ1v) is 6.41. The number of sulfonamides is 1. The summed E-state index contributed by atoms with van der Waals surface area (Å²) in [6, 6.07) is 7.65. The molecule has 0 atom stereocenters. The van der Waals surface area contributed by atoms with E-state index in [4.69, 9.17) is 0 Å². The van der Waals surface area contributed by atoms with Crippen LogP contribution in [0, 0.1) is 6.92 Å². The summed E-state index contributed by atoms with van der Waals surface area (Å²) >= 11 is 0. The van der Waals surface area contributed by atoms with Crippen molar-refractivity contribution in [2.45, 2.75) is 6.92 Å². The van der Waals surface area contributed by atoms with Gasteiger partial charge in [-0.3, -0.25) is 4.68 Å². The average molecular weight is 224 g/mol. The molecule has 0 radical (unpaired) electrons. The second kappa shape index (κ2) is 3.27. The predicted octanol–water partition coefficient (Wildman–Crippen LogP) is 1.45. The van der Waals surface area contributed by atoms with Gasteiger partial charge >= 0.3 is 0 Å². The van der Waals surface area contributed by atoms with Crippen LogP contribution in [-0.2, 0) is 10.0 Å². The van der Waals surface area contributed by atoms with Gasteiger partial charge in [-0.15, -0.1) is 0 Å². The monoisotopic (exact) mass is 224 g/mol. The Morgan fingerprint density at radius 3 is 2.60 bits per heavy atom. The van der Waals surface area contributed by atoms with Gasteiger partial charge in [0, 0.05) is 11.6 Å². The highest BCUT2D eigenvalue weighted by molar-refractivity contribution is 7.91. The molecule has 0 aliphatic carbocycles. The van der Waals surface area contributed by atoms with Crippen molar-refractivity contribution >= 4 is 20.9 Å². The van der Waals surface area contributed by atoms with Gasteiger partial charge in [-0.25, -0.2) is 13.2 Å². The van der Waals surface area contributed by atoms with Gasteiger partial charge in [0.1, 0.15) is 0 Å². The van der Waals surface area contributed by atoms with E-state index in [1.54, 1.807) is 6.20 Å². The fraction of sp³-hybridized carbons (Fsp3) is 0.200. The highest BCUT2D eigenvalue weighted by atomic mass is 32.2. The zero-order valence-electron chi connectivity index (χ0n) is 8.56. The normalized spacial score (nSPS) is 11.9. The molecule has 0 bridgehead atoms. The Labute approximate surface area is 88.5 Å². The largest absolute Gasteiger partial charge is 0.253 e. The third-order valence-electron chi connectivity index (χ3n) is 2.18. The molecule has 15 heavy (non-hydrogen) atoms. The smallest absolute Gasteiger partial charge is 0.243 e. The summed E-state index contributed by atoms with van der Waals surface area (Å²) < 4.78 is 23.8. The molecule has 1 heterocycles. The SMILES string of the molecule is Cc1cn(NS(C)(=O)=O)c2ccccc12. The molecule has 0 unspecified atom stereocenters. The van der Waals surface area contributed by atoms with Crippen LogP contribution in [0.1, 0.15) is 5.56 Å². The molecule has 1 N–H and O–H groups in total. The molecule has 0 saturated carbocycles. The third-order valence-corrected chi connectivity index (χ3v) is 2.70. The molecular formula is C10H12N2O2S. The van der Waals surface area contributed by atoms with E-state index in [0.717, 1.165) is 22.7 Å². The van der Waals surface area contributed by atoms with Crippen LogP contribution in [0.25, 0.3) is 10.9 Å². The molecule has 0 aliphatic heterocycles. The molecule has 1 aromatic carbocycles. The van der Waals surface area contributed by atoms with Gasteiger partial charge in [0.05, 0.1) is 11.8 Å². The van der Waals surface area contributed by atoms with Crippen LogP contribution < -0.4 is 4.83 Å². The van der Waals surface area contributed by atoms with E-state index in [-0.39, 0.29) is 0 Å². The van der Waals surface area contributed by atoms with Crippen molar-refractivity contribution in [3.63, 3.8) is 0 Å². The standard InChI is InChI=1S/C10H12N2O2S/c1-8-7-12(11-15(2,13)14)10-6-4-3-5-9(8)10/h3-7,11H,1-2H3. The van der Waals surface area contributed by atoms with Gasteiger partial charge < -0.3 is 0 Å². The lowest BCUT2D eigenvalue weighted by atomic mass is 10.2. The lowest BCUT2D eigenvalue weighted by molar-refractivity contribution is 0.602. The zero-order valence-corrected chi connectivity index (χ0v) is 9.38. The molecule has 4 nitrogen and oxygen atoms in total. The van der Waals surface area contributed by atoms with Crippen molar-refractivity contribution in [2.75, 3.05) is 11.1 Å². The van der Waals surface area contributed by atoms with Crippen molar-refractivity contribution in [2.24, 2.45) is 0 Å². The van der Waals surface area contributed by atoms with E-state index in [0.29, 0.717) is 0 Å². The highest BCUT2D eigenvalue weighted by Crippen LogP contribution is 2.19. The number of para-hydroxylation sites is 1. The van der Waals surface area contributed by atoms with Gasteiger partial charge in [-0.2, -0.15) is 0 Å². The summed E-state index contributed by atoms with van der Waals surface area (Å²) in [5.74, 6) is 0. The Kier molecular flexibility index (Phi) is 2.19. The lowest BCUT2D eigenvalue weighted by Gasteiger charge is -2.05. The highest BCUT2D eigenvalue weighted by Gasteiger charge is 2.07. The minimum Gasteiger partial charge on any atom is -0.253 e. The molecule has 0 aliphatic rings. The van der Waals surface area contributed by atoms with E-state index in [1.807, 2.05) is 31.2 Å². The molecule has 2 rings (SSSR count). The van der Waals surface area contributed by atoms with Crippen LogP contribution in [0.15, 0.2) is 30.5 Å². The van der Waals surface area contributed by atoms with E-state index >= 15 is 0 Å². The second-order valence-corrected chi connectivity index (χ2v) is 5.29. The number of hydrogen-bond donors (Lipinski definition) is 1. The van der Waals surface area contributed by atoms with Gasteiger partial charge in [-0.05, 0) is 18.6 Å². The van der Waals surface area contributed by atoms with Gasteiger partial charge in [0.15, 0.2) is 0 Å². The molecule has 0 saturated heterocycles. The fourth-order valence-electron chi connectivity index (χ4n) is 1.60.